The Labute approximate surface area is 43.6 Å². The number of rotatable bonds is 0. The molecule has 0 aromatic carbocycles. The number of thiol groups is 1. The van der Waals surface area contributed by atoms with Crippen LogP contribution in [0.2, 0.25) is 0 Å². The van der Waals surface area contributed by atoms with Crippen LogP contribution in [0.1, 0.15) is 0 Å². The van der Waals surface area contributed by atoms with Crippen molar-refractivity contribution in [1.82, 2.24) is 0 Å². The maximum Gasteiger partial charge on any atom is 0.169 e. The first kappa shape index (κ1) is 5.62. The molecule has 0 aromatic rings. The largest absolute Gasteiger partial charge is 0.346 e. The van der Waals surface area contributed by atoms with E-state index in [0.717, 1.165) is 9.91 Å². The van der Waals surface area contributed by atoms with Gasteiger partial charge in [-0.2, -0.15) is 0 Å². The van der Waals surface area contributed by atoms with Crippen molar-refractivity contribution < 1.29 is 5.11 Å². The highest BCUT2D eigenvalue weighted by atomic mass is 32.8. The standard InChI is InChI=1S/CH2OS3/c2-1(3)5-4/h2-3H. The molecule has 0 spiro atoms. The Morgan fingerprint density at radius 3 is 2.20 bits per heavy atom. The molecular formula is CH2OS3. The van der Waals surface area contributed by atoms with Crippen molar-refractivity contribution in [2.75, 3.05) is 0 Å². The fourth-order valence-corrected chi connectivity index (χ4v) is 0. The molecule has 4 heteroatoms. The minimum absolute atomic E-state index is 0.0694. The molecule has 30 valence electrons. The van der Waals surface area contributed by atoms with Crippen LogP contribution < -0.4 is 0 Å². The lowest BCUT2D eigenvalue weighted by Gasteiger charge is -1.64. The van der Waals surface area contributed by atoms with Gasteiger partial charge in [0.2, 0.25) is 0 Å². The lowest BCUT2D eigenvalue weighted by molar-refractivity contribution is 0.586. The molecule has 0 amide bonds. The van der Waals surface area contributed by atoms with Crippen LogP contribution in [0.15, 0.2) is 0 Å². The van der Waals surface area contributed by atoms with Crippen LogP contribution in [-0.4, -0.2) is 9.49 Å². The first-order chi connectivity index (χ1) is 2.27. The third kappa shape index (κ3) is 4.62. The zero-order valence-electron chi connectivity index (χ0n) is 2.21. The molecule has 0 unspecified atom stereocenters. The van der Waals surface area contributed by atoms with E-state index in [4.69, 9.17) is 5.11 Å². The third-order valence-electron chi connectivity index (χ3n) is 0.0745. The summed E-state index contributed by atoms with van der Waals surface area (Å²) in [6.07, 6.45) is 0. The molecule has 0 radical (unpaired) electrons. The van der Waals surface area contributed by atoms with Crippen LogP contribution in [-0.2, 0) is 21.1 Å². The molecule has 0 saturated carbocycles. The highest BCUT2D eigenvalue weighted by Crippen LogP contribution is 1.63. The van der Waals surface area contributed by atoms with Gasteiger partial charge in [0.25, 0.3) is 0 Å². The Bertz CT molecular complexity index is 67.0. The van der Waals surface area contributed by atoms with Gasteiger partial charge >= 0.3 is 0 Å². The van der Waals surface area contributed by atoms with E-state index in [0.29, 0.717) is 0 Å². The summed E-state index contributed by atoms with van der Waals surface area (Å²) in [5, 5.41) is 8.00. The topological polar surface area (TPSA) is 20.2 Å². The van der Waals surface area contributed by atoms with E-state index < -0.39 is 0 Å². The van der Waals surface area contributed by atoms with Gasteiger partial charge in [-0.1, -0.05) is 0 Å². The van der Waals surface area contributed by atoms with E-state index in [1.807, 2.05) is 0 Å². The molecule has 0 aromatic heterocycles. The summed E-state index contributed by atoms with van der Waals surface area (Å²) in [6, 6.07) is 0. The van der Waals surface area contributed by atoms with Gasteiger partial charge in [-0.25, -0.2) is 0 Å². The fraction of sp³-hybridized carbons (Fsp3) is 0. The molecule has 0 fully saturated rings. The average molecular weight is 126 g/mol. The second-order valence-corrected chi connectivity index (χ2v) is 2.15. The Balaban J connectivity index is 3.60. The Kier molecular flexibility index (Phi) is 3.19. The van der Waals surface area contributed by atoms with Crippen molar-refractivity contribution in [3.63, 3.8) is 0 Å². The predicted octanol–water partition coefficient (Wildman–Crippen LogP) is 0.106. The molecule has 0 atom stereocenters. The van der Waals surface area contributed by atoms with Gasteiger partial charge in [0, 0.05) is 0 Å². The number of aliphatic hydroxyl groups is 1. The zero-order chi connectivity index (χ0) is 4.28. The van der Waals surface area contributed by atoms with E-state index in [9.17, 15) is 0 Å². The van der Waals surface area contributed by atoms with Crippen LogP contribution in [0.4, 0.5) is 0 Å². The van der Waals surface area contributed by atoms with Crippen molar-refractivity contribution in [1.29, 1.82) is 0 Å². The third-order valence-corrected chi connectivity index (χ3v) is 1.34. The van der Waals surface area contributed by atoms with Gasteiger partial charge in [-0.05, 0) is 21.1 Å². The van der Waals surface area contributed by atoms with E-state index in [1.165, 1.54) is 0 Å². The van der Waals surface area contributed by atoms with Gasteiger partial charge in [0.15, 0.2) is 4.38 Å². The minimum Gasteiger partial charge on any atom is -0.346 e. The molecule has 0 heterocycles. The maximum absolute atomic E-state index is 8.00. The quantitative estimate of drug-likeness (QED) is 0.355. The summed E-state index contributed by atoms with van der Waals surface area (Å²) in [7, 11) is 0.799. The van der Waals surface area contributed by atoms with Crippen molar-refractivity contribution in [2.24, 2.45) is 0 Å². The van der Waals surface area contributed by atoms with Gasteiger partial charge in [0.1, 0.15) is 0 Å². The van der Waals surface area contributed by atoms with Crippen molar-refractivity contribution in [2.45, 2.75) is 0 Å². The summed E-state index contributed by atoms with van der Waals surface area (Å²) >= 11 is 7.66. The van der Waals surface area contributed by atoms with Crippen LogP contribution in [0.5, 0.6) is 0 Å². The summed E-state index contributed by atoms with van der Waals surface area (Å²) in [4.78, 5) is 0. The number of hydrogen-bond acceptors (Lipinski definition) is 1. The molecular weight excluding hydrogens is 124 g/mol. The summed E-state index contributed by atoms with van der Waals surface area (Å²) < 4.78 is -0.0694. The number of aliphatic hydroxyl groups excluding tert-OH is 1. The monoisotopic (exact) mass is 126 g/mol. The van der Waals surface area contributed by atoms with E-state index in [2.05, 4.69) is 23.8 Å². The Morgan fingerprint density at radius 2 is 2.20 bits per heavy atom. The highest BCUT2D eigenvalue weighted by Gasteiger charge is 1.62. The van der Waals surface area contributed by atoms with Gasteiger partial charge in [-0.3, -0.25) is 0 Å². The fourth-order valence-electron chi connectivity index (χ4n) is 0. The minimum atomic E-state index is -0.0694. The number of hydrogen-bond donors (Lipinski definition) is 2. The van der Waals surface area contributed by atoms with E-state index in [-0.39, 0.29) is 4.38 Å². The van der Waals surface area contributed by atoms with Gasteiger partial charge in [-0.15, -0.1) is 12.6 Å². The molecule has 0 aliphatic rings. The van der Waals surface area contributed by atoms with Crippen LogP contribution in [0.25, 0.3) is 0 Å². The molecule has 5 heavy (non-hydrogen) atoms. The molecule has 0 aliphatic heterocycles. The normalized spacial score (nSPS) is 6.80. The van der Waals surface area contributed by atoms with Crippen LogP contribution in [0, 0.1) is 0 Å². The Morgan fingerprint density at radius 1 is 2.00 bits per heavy atom. The van der Waals surface area contributed by atoms with Crippen LogP contribution in [0.3, 0.4) is 0 Å². The molecule has 0 saturated heterocycles. The molecule has 0 rings (SSSR count). The van der Waals surface area contributed by atoms with E-state index >= 15 is 0 Å². The summed E-state index contributed by atoms with van der Waals surface area (Å²) in [6.45, 7) is 0. The molecule has 1 nitrogen and oxygen atoms in total. The van der Waals surface area contributed by atoms with E-state index in [1.54, 1.807) is 0 Å². The first-order valence-corrected chi connectivity index (χ1v) is 3.01. The van der Waals surface area contributed by atoms with Crippen LogP contribution >= 0.6 is 12.6 Å². The average Bonchev–Trinajstić information content (AvgIpc) is 1.38. The van der Waals surface area contributed by atoms with Crippen molar-refractivity contribution in [3.05, 3.63) is 0 Å². The summed E-state index contributed by atoms with van der Waals surface area (Å²) in [5.41, 5.74) is 0. The first-order valence-electron chi connectivity index (χ1n) is 0.818. The maximum atomic E-state index is 8.00. The van der Waals surface area contributed by atoms with Gasteiger partial charge in [0.05, 0.1) is 0 Å². The molecule has 0 aliphatic carbocycles. The Hall–Kier alpha value is 0.620. The second kappa shape index (κ2) is 2.84. The van der Waals surface area contributed by atoms with Gasteiger partial charge < -0.3 is 5.11 Å². The van der Waals surface area contributed by atoms with Crippen molar-refractivity contribution >= 4 is 38.1 Å². The SMILES string of the molecule is OC(S)=S=S. The highest BCUT2D eigenvalue weighted by molar-refractivity contribution is 8.25. The summed E-state index contributed by atoms with van der Waals surface area (Å²) in [5.74, 6) is 0. The van der Waals surface area contributed by atoms with Crippen molar-refractivity contribution in [3.8, 4) is 0 Å². The lowest BCUT2D eigenvalue weighted by Crippen LogP contribution is -1.73. The second-order valence-electron chi connectivity index (χ2n) is 0.366. The smallest absolute Gasteiger partial charge is 0.169 e. The zero-order valence-corrected chi connectivity index (χ0v) is 4.74. The lowest BCUT2D eigenvalue weighted by atomic mass is 11.7. The molecule has 0 bridgehead atoms. The predicted molar refractivity (Wildman–Crippen MR) is 31.4 cm³/mol. The molecule has 1 N–H and O–H groups in total.